The molecule has 1 aromatic carbocycles. The highest BCUT2D eigenvalue weighted by Crippen LogP contribution is 2.26. The van der Waals surface area contributed by atoms with Crippen molar-refractivity contribution >= 4 is 11.7 Å². The first-order valence-electron chi connectivity index (χ1n) is 9.41. The number of benzene rings is 1. The van der Waals surface area contributed by atoms with Crippen molar-refractivity contribution in [2.24, 2.45) is 0 Å². The minimum atomic E-state index is -0.384. The third-order valence-electron chi connectivity index (χ3n) is 4.88. The Kier molecular flexibility index (Phi) is 6.22. The summed E-state index contributed by atoms with van der Waals surface area (Å²) in [6.45, 7) is 2.03. The van der Waals surface area contributed by atoms with Gasteiger partial charge in [-0.2, -0.15) is 5.26 Å². The van der Waals surface area contributed by atoms with Crippen molar-refractivity contribution < 1.29 is 4.79 Å². The van der Waals surface area contributed by atoms with E-state index in [1.54, 1.807) is 18.3 Å². The Bertz CT molecular complexity index is 868. The van der Waals surface area contributed by atoms with Crippen molar-refractivity contribution in [3.63, 3.8) is 0 Å². The Labute approximate surface area is 160 Å². The van der Waals surface area contributed by atoms with Gasteiger partial charge in [0, 0.05) is 12.4 Å². The summed E-state index contributed by atoms with van der Waals surface area (Å²) in [6, 6.07) is 13.7. The number of carbonyl (C=O) groups is 1. The number of hydrogen-bond acceptors (Lipinski definition) is 4. The number of anilines is 1. The zero-order chi connectivity index (χ0) is 19.1. The van der Waals surface area contributed by atoms with E-state index in [-0.39, 0.29) is 17.5 Å². The maximum atomic E-state index is 12.6. The third kappa shape index (κ3) is 4.73. The molecule has 1 amide bonds. The molecule has 1 aliphatic rings. The zero-order valence-electron chi connectivity index (χ0n) is 15.5. The molecule has 0 fully saturated rings. The summed E-state index contributed by atoms with van der Waals surface area (Å²) in [6.07, 6.45) is 8.52. The summed E-state index contributed by atoms with van der Waals surface area (Å²) >= 11 is 0. The van der Waals surface area contributed by atoms with Gasteiger partial charge in [0.25, 0.3) is 5.91 Å². The molecule has 0 radical (unpaired) electrons. The van der Waals surface area contributed by atoms with Crippen molar-refractivity contribution in [1.82, 2.24) is 10.3 Å². The van der Waals surface area contributed by atoms with Gasteiger partial charge >= 0.3 is 0 Å². The minimum absolute atomic E-state index is 0.0251. The van der Waals surface area contributed by atoms with Crippen LogP contribution in [0.2, 0.25) is 0 Å². The van der Waals surface area contributed by atoms with E-state index in [0.29, 0.717) is 5.82 Å². The van der Waals surface area contributed by atoms with Crippen molar-refractivity contribution in [3.05, 3.63) is 71.1 Å². The summed E-state index contributed by atoms with van der Waals surface area (Å²) in [5.74, 6) is 0.199. The van der Waals surface area contributed by atoms with Gasteiger partial charge in [0.05, 0.1) is 6.04 Å². The number of nitrogens with zero attached hydrogens (tertiary/aromatic N) is 2. The number of amides is 1. The van der Waals surface area contributed by atoms with E-state index >= 15 is 0 Å². The van der Waals surface area contributed by atoms with Crippen LogP contribution in [-0.2, 0) is 17.6 Å². The quantitative estimate of drug-likeness (QED) is 0.602. The molecule has 27 heavy (non-hydrogen) atoms. The minimum Gasteiger partial charge on any atom is -0.345 e. The van der Waals surface area contributed by atoms with Crippen molar-refractivity contribution in [1.29, 1.82) is 5.26 Å². The summed E-state index contributed by atoms with van der Waals surface area (Å²) in [7, 11) is 0. The molecule has 2 aromatic rings. The molecule has 1 aliphatic carbocycles. The van der Waals surface area contributed by atoms with Gasteiger partial charge in [0.2, 0.25) is 0 Å². The highest BCUT2D eigenvalue weighted by atomic mass is 16.1. The molecule has 2 N–H and O–H groups in total. The predicted octanol–water partition coefficient (Wildman–Crippen LogP) is 4.05. The van der Waals surface area contributed by atoms with Crippen LogP contribution in [-0.4, -0.2) is 10.9 Å². The molecule has 0 aliphatic heterocycles. The molecule has 1 heterocycles. The lowest BCUT2D eigenvalue weighted by atomic mass is 9.88. The van der Waals surface area contributed by atoms with E-state index in [0.717, 1.165) is 24.8 Å². The standard InChI is InChI=1S/C22H24N4O/c1-2-20(18-11-10-16-7-3-4-8-17(16)13-18)26-22(27)19(14-23)15-25-21-9-5-6-12-24-21/h5-6,9-13,15,20H,2-4,7-8H2,1H3,(H,24,25)(H,26,27)/b19-15-. The van der Waals surface area contributed by atoms with E-state index in [2.05, 4.69) is 33.8 Å². The van der Waals surface area contributed by atoms with Crippen molar-refractivity contribution in [2.75, 3.05) is 5.32 Å². The highest BCUT2D eigenvalue weighted by Gasteiger charge is 2.18. The van der Waals surface area contributed by atoms with Gasteiger partial charge in [-0.15, -0.1) is 0 Å². The molecule has 0 saturated heterocycles. The van der Waals surface area contributed by atoms with Crippen LogP contribution in [0.5, 0.6) is 0 Å². The number of aromatic nitrogens is 1. The van der Waals surface area contributed by atoms with Crippen molar-refractivity contribution in [2.45, 2.75) is 45.1 Å². The normalized spacial score (nSPS) is 14.6. The predicted molar refractivity (Wildman–Crippen MR) is 106 cm³/mol. The van der Waals surface area contributed by atoms with E-state index < -0.39 is 0 Å². The number of aryl methyl sites for hydroxylation is 2. The lowest BCUT2D eigenvalue weighted by Gasteiger charge is -2.21. The monoisotopic (exact) mass is 360 g/mol. The van der Waals surface area contributed by atoms with Gasteiger partial charge in [-0.1, -0.05) is 31.2 Å². The van der Waals surface area contributed by atoms with Crippen LogP contribution >= 0.6 is 0 Å². The van der Waals surface area contributed by atoms with E-state index in [9.17, 15) is 10.1 Å². The molecule has 0 bridgehead atoms. The molecule has 1 aromatic heterocycles. The van der Waals surface area contributed by atoms with Crippen LogP contribution in [0.3, 0.4) is 0 Å². The second-order valence-corrected chi connectivity index (χ2v) is 6.70. The number of nitrogens with one attached hydrogen (secondary N) is 2. The van der Waals surface area contributed by atoms with Gasteiger partial charge in [-0.3, -0.25) is 4.79 Å². The van der Waals surface area contributed by atoms with Gasteiger partial charge < -0.3 is 10.6 Å². The fraction of sp³-hybridized carbons (Fsp3) is 0.318. The third-order valence-corrected chi connectivity index (χ3v) is 4.88. The largest absolute Gasteiger partial charge is 0.345 e. The number of fused-ring (bicyclic) bond motifs is 1. The molecule has 0 spiro atoms. The molecule has 138 valence electrons. The Morgan fingerprint density at radius 1 is 1.26 bits per heavy atom. The molecular weight excluding hydrogens is 336 g/mol. The summed E-state index contributed by atoms with van der Waals surface area (Å²) in [4.78, 5) is 16.7. The van der Waals surface area contributed by atoms with Gasteiger partial charge in [-0.05, 0) is 60.9 Å². The molecule has 3 rings (SSSR count). The molecule has 1 unspecified atom stereocenters. The van der Waals surface area contributed by atoms with Crippen LogP contribution < -0.4 is 10.6 Å². The highest BCUT2D eigenvalue weighted by molar-refractivity contribution is 5.97. The molecule has 5 heteroatoms. The number of carbonyl (C=O) groups excluding carboxylic acids is 1. The fourth-order valence-corrected chi connectivity index (χ4v) is 3.37. The van der Waals surface area contributed by atoms with Gasteiger partial charge in [-0.25, -0.2) is 4.98 Å². The van der Waals surface area contributed by atoms with Crippen LogP contribution in [0.15, 0.2) is 54.4 Å². The first-order chi connectivity index (χ1) is 13.2. The lowest BCUT2D eigenvalue weighted by molar-refractivity contribution is -0.117. The van der Waals surface area contributed by atoms with Gasteiger partial charge in [0.1, 0.15) is 17.5 Å². The Morgan fingerprint density at radius 3 is 2.78 bits per heavy atom. The number of rotatable bonds is 6. The summed E-state index contributed by atoms with van der Waals surface area (Å²) in [5.41, 5.74) is 3.93. The first kappa shape index (κ1) is 18.7. The molecule has 1 atom stereocenters. The van der Waals surface area contributed by atoms with Crippen LogP contribution in [0.4, 0.5) is 5.82 Å². The average molecular weight is 360 g/mol. The first-order valence-corrected chi connectivity index (χ1v) is 9.41. The maximum Gasteiger partial charge on any atom is 0.263 e. The SMILES string of the molecule is CCC(NC(=O)/C(C#N)=C\Nc1ccccn1)c1ccc2c(c1)CCCC2. The molecular formula is C22H24N4O. The van der Waals surface area contributed by atoms with E-state index in [1.807, 2.05) is 19.1 Å². The number of hydrogen-bond donors (Lipinski definition) is 2. The van der Waals surface area contributed by atoms with Crippen LogP contribution in [0.1, 0.15) is 48.9 Å². The smallest absolute Gasteiger partial charge is 0.263 e. The summed E-state index contributed by atoms with van der Waals surface area (Å²) < 4.78 is 0. The molecule has 5 nitrogen and oxygen atoms in total. The Balaban J connectivity index is 1.71. The lowest BCUT2D eigenvalue weighted by Crippen LogP contribution is -2.29. The Morgan fingerprint density at radius 2 is 2.07 bits per heavy atom. The van der Waals surface area contributed by atoms with E-state index in [1.165, 1.54) is 30.2 Å². The van der Waals surface area contributed by atoms with Crippen LogP contribution in [0.25, 0.3) is 0 Å². The zero-order valence-corrected chi connectivity index (χ0v) is 15.5. The van der Waals surface area contributed by atoms with Gasteiger partial charge in [0.15, 0.2) is 0 Å². The number of nitriles is 1. The molecule has 0 saturated carbocycles. The summed E-state index contributed by atoms with van der Waals surface area (Å²) in [5, 5.41) is 15.2. The number of pyridine rings is 1. The fourth-order valence-electron chi connectivity index (χ4n) is 3.37. The second kappa shape index (κ2) is 9.00. The maximum absolute atomic E-state index is 12.6. The average Bonchev–Trinajstić information content (AvgIpc) is 2.73. The van der Waals surface area contributed by atoms with Crippen LogP contribution in [0, 0.1) is 11.3 Å². The Hall–Kier alpha value is -3.13. The topological polar surface area (TPSA) is 77.8 Å². The van der Waals surface area contributed by atoms with E-state index in [4.69, 9.17) is 0 Å². The van der Waals surface area contributed by atoms with Crippen molar-refractivity contribution in [3.8, 4) is 6.07 Å². The second-order valence-electron chi connectivity index (χ2n) is 6.70.